The summed E-state index contributed by atoms with van der Waals surface area (Å²) in [7, 11) is 1.81. The van der Waals surface area contributed by atoms with Crippen LogP contribution in [0.15, 0.2) is 35.5 Å². The summed E-state index contributed by atoms with van der Waals surface area (Å²) in [6, 6.07) is 8.00. The minimum absolute atomic E-state index is 0.291. The summed E-state index contributed by atoms with van der Waals surface area (Å²) in [6.07, 6.45) is 1.88. The number of aromatic nitrogens is 2. The molecule has 100 valence electrons. The van der Waals surface area contributed by atoms with E-state index in [1.165, 1.54) is 23.9 Å². The van der Waals surface area contributed by atoms with Crippen LogP contribution in [0.5, 0.6) is 0 Å². The smallest absolute Gasteiger partial charge is 0.191 e. The molecule has 2 aromatic rings. The van der Waals surface area contributed by atoms with Crippen LogP contribution < -0.4 is 16.2 Å². The minimum atomic E-state index is -0.291. The first-order valence-electron chi connectivity index (χ1n) is 5.53. The summed E-state index contributed by atoms with van der Waals surface area (Å²) in [4.78, 5) is 10.3. The molecule has 5 nitrogen and oxygen atoms in total. The van der Waals surface area contributed by atoms with E-state index in [1.807, 2.05) is 13.3 Å². The highest BCUT2D eigenvalue weighted by atomic mass is 32.2. The zero-order valence-electron chi connectivity index (χ0n) is 10.6. The number of halogens is 1. The normalized spacial score (nSPS) is 10.3. The predicted molar refractivity (Wildman–Crippen MR) is 76.1 cm³/mol. The molecule has 0 aliphatic carbocycles. The number of nitrogens with two attached hydrogens (primary N) is 1. The maximum absolute atomic E-state index is 13.2. The average Bonchev–Trinajstić information content (AvgIpc) is 2.45. The van der Waals surface area contributed by atoms with E-state index in [9.17, 15) is 4.39 Å². The van der Waals surface area contributed by atoms with Gasteiger partial charge in [-0.05, 0) is 24.5 Å². The van der Waals surface area contributed by atoms with Crippen molar-refractivity contribution in [2.75, 3.05) is 23.6 Å². The first kappa shape index (κ1) is 13.6. The van der Waals surface area contributed by atoms with Crippen molar-refractivity contribution in [1.29, 1.82) is 0 Å². The van der Waals surface area contributed by atoms with Gasteiger partial charge in [-0.1, -0.05) is 17.8 Å². The third kappa shape index (κ3) is 3.12. The number of hydrogen-bond donors (Lipinski definition) is 2. The first-order valence-corrected chi connectivity index (χ1v) is 6.75. The Hall–Kier alpha value is -1.86. The molecule has 1 heterocycles. The van der Waals surface area contributed by atoms with E-state index in [-0.39, 0.29) is 5.82 Å². The molecule has 1 aromatic heterocycles. The van der Waals surface area contributed by atoms with E-state index in [0.717, 1.165) is 0 Å². The molecular weight excluding hydrogens is 265 g/mol. The topological polar surface area (TPSA) is 67.1 Å². The molecule has 0 aliphatic heterocycles. The second-order valence-corrected chi connectivity index (χ2v) is 4.55. The van der Waals surface area contributed by atoms with Crippen molar-refractivity contribution < 1.29 is 4.39 Å². The van der Waals surface area contributed by atoms with Gasteiger partial charge in [0.15, 0.2) is 5.16 Å². The summed E-state index contributed by atoms with van der Waals surface area (Å²) >= 11 is 1.41. The van der Waals surface area contributed by atoms with Gasteiger partial charge in [0, 0.05) is 18.8 Å². The largest absolute Gasteiger partial charge is 0.329 e. The van der Waals surface area contributed by atoms with E-state index in [2.05, 4.69) is 15.4 Å². The number of nitrogen functional groups attached to an aromatic ring is 1. The molecule has 0 bridgehead atoms. The lowest BCUT2D eigenvalue weighted by atomic mass is 10.3. The van der Waals surface area contributed by atoms with Gasteiger partial charge in [0.2, 0.25) is 0 Å². The van der Waals surface area contributed by atoms with Gasteiger partial charge < -0.3 is 10.3 Å². The maximum Gasteiger partial charge on any atom is 0.191 e. The third-order valence-corrected chi connectivity index (χ3v) is 3.11. The SMILES string of the molecule is CSc1nc(NN)cc(N(C)c2cccc(F)c2)n1. The van der Waals surface area contributed by atoms with E-state index >= 15 is 0 Å². The molecule has 0 atom stereocenters. The summed E-state index contributed by atoms with van der Waals surface area (Å²) < 4.78 is 13.2. The average molecular weight is 279 g/mol. The van der Waals surface area contributed by atoms with Crippen molar-refractivity contribution in [1.82, 2.24) is 9.97 Å². The predicted octanol–water partition coefficient (Wildman–Crippen LogP) is 2.39. The molecule has 0 spiro atoms. The standard InChI is InChI=1S/C12H14FN5S/c1-18(9-5-3-4-8(13)6-9)11-7-10(17-14)15-12(16-11)19-2/h3-7H,14H2,1-2H3,(H,15,16,17). The fourth-order valence-electron chi connectivity index (χ4n) is 1.57. The molecule has 2 rings (SSSR count). The Morgan fingerprint density at radius 1 is 1.32 bits per heavy atom. The Kier molecular flexibility index (Phi) is 4.18. The number of benzene rings is 1. The van der Waals surface area contributed by atoms with Crippen LogP contribution in [0.1, 0.15) is 0 Å². The van der Waals surface area contributed by atoms with Crippen molar-refractivity contribution in [3.63, 3.8) is 0 Å². The number of hydrogen-bond acceptors (Lipinski definition) is 6. The van der Waals surface area contributed by atoms with Gasteiger partial charge in [0.1, 0.15) is 17.5 Å². The second kappa shape index (κ2) is 5.85. The van der Waals surface area contributed by atoms with Gasteiger partial charge in [-0.3, -0.25) is 0 Å². The zero-order valence-corrected chi connectivity index (χ0v) is 11.4. The van der Waals surface area contributed by atoms with Gasteiger partial charge >= 0.3 is 0 Å². The Morgan fingerprint density at radius 3 is 2.74 bits per heavy atom. The van der Waals surface area contributed by atoms with Gasteiger partial charge in [0.05, 0.1) is 0 Å². The molecule has 0 fully saturated rings. The van der Waals surface area contributed by atoms with Crippen LogP contribution in [0.25, 0.3) is 0 Å². The van der Waals surface area contributed by atoms with Gasteiger partial charge in [-0.25, -0.2) is 20.2 Å². The fourth-order valence-corrected chi connectivity index (χ4v) is 1.94. The van der Waals surface area contributed by atoms with Crippen molar-refractivity contribution in [2.24, 2.45) is 5.84 Å². The molecule has 3 N–H and O–H groups in total. The monoisotopic (exact) mass is 279 g/mol. The zero-order chi connectivity index (χ0) is 13.8. The molecular formula is C12H14FN5S. The Balaban J connectivity index is 2.40. The van der Waals surface area contributed by atoms with Crippen LogP contribution in [0, 0.1) is 5.82 Å². The molecule has 0 radical (unpaired) electrons. The van der Waals surface area contributed by atoms with Crippen molar-refractivity contribution >= 4 is 29.1 Å². The molecule has 19 heavy (non-hydrogen) atoms. The maximum atomic E-state index is 13.2. The fraction of sp³-hybridized carbons (Fsp3) is 0.167. The molecule has 0 unspecified atom stereocenters. The number of nitrogens with zero attached hydrogens (tertiary/aromatic N) is 3. The molecule has 1 aromatic carbocycles. The third-order valence-electron chi connectivity index (χ3n) is 2.56. The molecule has 7 heteroatoms. The van der Waals surface area contributed by atoms with Crippen LogP contribution in [0.4, 0.5) is 21.7 Å². The van der Waals surface area contributed by atoms with Crippen molar-refractivity contribution in [3.8, 4) is 0 Å². The van der Waals surface area contributed by atoms with Crippen LogP contribution >= 0.6 is 11.8 Å². The Morgan fingerprint density at radius 2 is 2.11 bits per heavy atom. The van der Waals surface area contributed by atoms with Gasteiger partial charge in [-0.15, -0.1) is 0 Å². The summed E-state index contributed by atoms with van der Waals surface area (Å²) in [5.41, 5.74) is 3.20. The number of anilines is 3. The summed E-state index contributed by atoms with van der Waals surface area (Å²) in [5.74, 6) is 6.23. The van der Waals surface area contributed by atoms with Crippen LogP contribution in [-0.2, 0) is 0 Å². The van der Waals surface area contributed by atoms with Gasteiger partial charge in [-0.2, -0.15) is 0 Å². The molecule has 0 amide bonds. The first-order chi connectivity index (χ1) is 9.13. The van der Waals surface area contributed by atoms with E-state index in [4.69, 9.17) is 5.84 Å². The summed E-state index contributed by atoms with van der Waals surface area (Å²) in [5, 5.41) is 0.591. The second-order valence-electron chi connectivity index (χ2n) is 3.78. The Labute approximate surface area is 115 Å². The van der Waals surface area contributed by atoms with E-state index in [1.54, 1.807) is 23.1 Å². The van der Waals surface area contributed by atoms with Gasteiger partial charge in [0.25, 0.3) is 0 Å². The lowest BCUT2D eigenvalue weighted by molar-refractivity contribution is 0.628. The quantitative estimate of drug-likeness (QED) is 0.388. The molecule has 0 saturated heterocycles. The highest BCUT2D eigenvalue weighted by Crippen LogP contribution is 2.25. The van der Waals surface area contributed by atoms with Crippen LogP contribution in [0.2, 0.25) is 0 Å². The minimum Gasteiger partial charge on any atom is -0.329 e. The van der Waals surface area contributed by atoms with E-state index in [0.29, 0.717) is 22.5 Å². The summed E-state index contributed by atoms with van der Waals surface area (Å²) in [6.45, 7) is 0. The van der Waals surface area contributed by atoms with E-state index < -0.39 is 0 Å². The van der Waals surface area contributed by atoms with Crippen LogP contribution in [-0.4, -0.2) is 23.3 Å². The van der Waals surface area contributed by atoms with Crippen LogP contribution in [0.3, 0.4) is 0 Å². The van der Waals surface area contributed by atoms with Crippen molar-refractivity contribution in [3.05, 3.63) is 36.1 Å². The number of hydrazine groups is 1. The number of thioether (sulfide) groups is 1. The lowest BCUT2D eigenvalue weighted by Crippen LogP contribution is -2.15. The Bertz CT molecular complexity index is 556. The highest BCUT2D eigenvalue weighted by Gasteiger charge is 2.10. The molecule has 0 aliphatic rings. The highest BCUT2D eigenvalue weighted by molar-refractivity contribution is 7.98. The number of rotatable bonds is 4. The number of nitrogens with one attached hydrogen (secondary N) is 1. The lowest BCUT2D eigenvalue weighted by Gasteiger charge is -2.19. The van der Waals surface area contributed by atoms with Crippen molar-refractivity contribution in [2.45, 2.75) is 5.16 Å². The molecule has 0 saturated carbocycles.